The number of hydrogen-bond acceptors (Lipinski definition) is 4. The molecule has 1 amide bonds. The number of carbonyl (C=O) groups is 1. The number of likely N-dealkylation sites (tertiary alicyclic amines) is 1. The summed E-state index contributed by atoms with van der Waals surface area (Å²) in [6, 6.07) is 19.7. The fourth-order valence-corrected chi connectivity index (χ4v) is 3.95. The van der Waals surface area contributed by atoms with E-state index in [0.29, 0.717) is 25.4 Å². The first-order valence-corrected chi connectivity index (χ1v) is 8.79. The first-order valence-electron chi connectivity index (χ1n) is 8.79. The predicted octanol–water partition coefficient (Wildman–Crippen LogP) is 3.61. The van der Waals surface area contributed by atoms with Crippen LogP contribution in [-0.4, -0.2) is 29.1 Å². The first kappa shape index (κ1) is 15.3. The van der Waals surface area contributed by atoms with Crippen LogP contribution >= 0.6 is 0 Å². The Morgan fingerprint density at radius 2 is 1.88 bits per heavy atom. The zero-order valence-electron chi connectivity index (χ0n) is 14.2. The Morgan fingerprint density at radius 3 is 2.77 bits per heavy atom. The van der Waals surface area contributed by atoms with E-state index < -0.39 is 0 Å². The Labute approximate surface area is 151 Å². The van der Waals surface area contributed by atoms with Crippen molar-refractivity contribution in [3.8, 4) is 11.3 Å². The number of rotatable bonds is 2. The molecule has 0 saturated carbocycles. The lowest BCUT2D eigenvalue weighted by Gasteiger charge is -2.24. The molecule has 3 heterocycles. The molecule has 26 heavy (non-hydrogen) atoms. The van der Waals surface area contributed by atoms with E-state index >= 15 is 0 Å². The van der Waals surface area contributed by atoms with Gasteiger partial charge in [-0.25, -0.2) is 0 Å². The van der Waals surface area contributed by atoms with Crippen molar-refractivity contribution in [3.63, 3.8) is 0 Å². The van der Waals surface area contributed by atoms with Gasteiger partial charge in [0.1, 0.15) is 11.3 Å². The normalized spacial score (nSPS) is 21.3. The summed E-state index contributed by atoms with van der Waals surface area (Å²) >= 11 is 0. The molecule has 5 rings (SSSR count). The molecule has 0 radical (unpaired) electrons. The zero-order chi connectivity index (χ0) is 17.6. The number of hydrogen-bond donors (Lipinski definition) is 0. The summed E-state index contributed by atoms with van der Waals surface area (Å²) in [5.74, 6) is 0.136. The van der Waals surface area contributed by atoms with Gasteiger partial charge in [0.25, 0.3) is 5.91 Å². The zero-order valence-corrected chi connectivity index (χ0v) is 14.2. The predicted molar refractivity (Wildman–Crippen MR) is 95.4 cm³/mol. The lowest BCUT2D eigenvalue weighted by atomic mass is 9.92. The minimum atomic E-state index is -0.380. The highest BCUT2D eigenvalue weighted by Crippen LogP contribution is 2.43. The van der Waals surface area contributed by atoms with Crippen LogP contribution in [-0.2, 0) is 16.9 Å². The molecule has 2 aromatic carbocycles. The highest BCUT2D eigenvalue weighted by atomic mass is 16.5. The van der Waals surface area contributed by atoms with Gasteiger partial charge in [0, 0.05) is 18.2 Å². The fourth-order valence-electron chi connectivity index (χ4n) is 3.95. The Morgan fingerprint density at radius 1 is 1.08 bits per heavy atom. The van der Waals surface area contributed by atoms with Crippen LogP contribution in [0.25, 0.3) is 11.3 Å². The van der Waals surface area contributed by atoms with E-state index in [2.05, 4.69) is 17.3 Å². The topological polar surface area (TPSA) is 55.6 Å². The molecule has 3 aromatic rings. The standard InChI is InChI=1S/C21H18N2O3/c24-20(19-12-18(22-26-19)15-6-2-1-3-7-15)23-11-10-21(14-23)17-9-5-4-8-16(17)13-25-21/h1-9,12H,10-11,13-14H2. The number of ether oxygens (including phenoxy) is 1. The van der Waals surface area contributed by atoms with E-state index in [4.69, 9.17) is 9.26 Å². The Balaban J connectivity index is 1.38. The van der Waals surface area contributed by atoms with Gasteiger partial charge in [-0.05, 0) is 17.5 Å². The summed E-state index contributed by atoms with van der Waals surface area (Å²) in [7, 11) is 0. The van der Waals surface area contributed by atoms with Crippen LogP contribution in [0.4, 0.5) is 0 Å². The van der Waals surface area contributed by atoms with Crippen molar-refractivity contribution in [2.45, 2.75) is 18.6 Å². The molecule has 1 unspecified atom stereocenters. The number of aromatic nitrogens is 1. The highest BCUT2D eigenvalue weighted by Gasteiger charge is 2.47. The van der Waals surface area contributed by atoms with E-state index in [1.165, 1.54) is 11.1 Å². The van der Waals surface area contributed by atoms with Gasteiger partial charge in [0.15, 0.2) is 0 Å². The molecule has 1 atom stereocenters. The molecule has 0 N–H and O–H groups in total. The Kier molecular flexibility index (Phi) is 3.43. The molecule has 0 aliphatic carbocycles. The third-order valence-electron chi connectivity index (χ3n) is 5.32. The minimum absolute atomic E-state index is 0.135. The summed E-state index contributed by atoms with van der Waals surface area (Å²) in [4.78, 5) is 14.7. The van der Waals surface area contributed by atoms with E-state index in [-0.39, 0.29) is 17.3 Å². The molecule has 0 bridgehead atoms. The summed E-state index contributed by atoms with van der Waals surface area (Å²) in [5, 5.41) is 4.05. The van der Waals surface area contributed by atoms with Gasteiger partial charge in [-0.15, -0.1) is 0 Å². The van der Waals surface area contributed by atoms with Gasteiger partial charge in [0.2, 0.25) is 5.76 Å². The molecule has 5 nitrogen and oxygen atoms in total. The number of benzene rings is 2. The van der Waals surface area contributed by atoms with E-state index in [9.17, 15) is 4.79 Å². The van der Waals surface area contributed by atoms with E-state index in [0.717, 1.165) is 12.0 Å². The van der Waals surface area contributed by atoms with Crippen LogP contribution in [0.1, 0.15) is 28.1 Å². The number of fused-ring (bicyclic) bond motifs is 2. The lowest BCUT2D eigenvalue weighted by Crippen LogP contribution is -2.34. The van der Waals surface area contributed by atoms with Crippen molar-refractivity contribution in [3.05, 3.63) is 77.6 Å². The molecule has 1 spiro atoms. The van der Waals surface area contributed by atoms with Crippen molar-refractivity contribution in [2.24, 2.45) is 0 Å². The van der Waals surface area contributed by atoms with Crippen LogP contribution < -0.4 is 0 Å². The van der Waals surface area contributed by atoms with Crippen molar-refractivity contribution < 1.29 is 14.1 Å². The molecule has 2 aliphatic rings. The molecule has 1 saturated heterocycles. The SMILES string of the molecule is O=C(c1cc(-c2ccccc2)no1)N1CCC2(C1)OCc1ccccc12. The van der Waals surface area contributed by atoms with Gasteiger partial charge in [0.05, 0.1) is 13.2 Å². The average Bonchev–Trinajstić information content (AvgIpc) is 3.43. The van der Waals surface area contributed by atoms with Crippen molar-refractivity contribution >= 4 is 5.91 Å². The van der Waals surface area contributed by atoms with E-state index in [1.54, 1.807) is 11.0 Å². The van der Waals surface area contributed by atoms with E-state index in [1.807, 2.05) is 42.5 Å². The number of amides is 1. The summed E-state index contributed by atoms with van der Waals surface area (Å²) < 4.78 is 11.5. The fraction of sp³-hybridized carbons (Fsp3) is 0.238. The molecule has 130 valence electrons. The quantitative estimate of drug-likeness (QED) is 0.711. The van der Waals surface area contributed by atoms with Crippen molar-refractivity contribution in [1.82, 2.24) is 10.1 Å². The summed E-state index contributed by atoms with van der Waals surface area (Å²) in [6.07, 6.45) is 0.801. The second-order valence-electron chi connectivity index (χ2n) is 6.86. The molecule has 5 heteroatoms. The van der Waals surface area contributed by atoms with Crippen molar-refractivity contribution in [1.29, 1.82) is 0 Å². The molecule has 1 fully saturated rings. The van der Waals surface area contributed by atoms with Crippen molar-refractivity contribution in [2.75, 3.05) is 13.1 Å². The molecule has 1 aromatic heterocycles. The van der Waals surface area contributed by atoms with Crippen LogP contribution in [0.5, 0.6) is 0 Å². The van der Waals surface area contributed by atoms with Gasteiger partial charge < -0.3 is 14.2 Å². The van der Waals surface area contributed by atoms with Gasteiger partial charge in [-0.2, -0.15) is 0 Å². The highest BCUT2D eigenvalue weighted by molar-refractivity contribution is 5.92. The van der Waals surface area contributed by atoms with Gasteiger partial charge >= 0.3 is 0 Å². The largest absolute Gasteiger partial charge is 0.364 e. The monoisotopic (exact) mass is 346 g/mol. The second kappa shape index (κ2) is 5.81. The van der Waals surface area contributed by atoms with Crippen LogP contribution in [0.2, 0.25) is 0 Å². The second-order valence-corrected chi connectivity index (χ2v) is 6.86. The van der Waals surface area contributed by atoms with Crippen LogP contribution in [0, 0.1) is 0 Å². The first-order chi connectivity index (χ1) is 12.8. The van der Waals surface area contributed by atoms with Gasteiger partial charge in [-0.3, -0.25) is 4.79 Å². The number of carbonyl (C=O) groups excluding carboxylic acids is 1. The average molecular weight is 346 g/mol. The maximum Gasteiger partial charge on any atom is 0.292 e. The van der Waals surface area contributed by atoms with Crippen LogP contribution in [0.15, 0.2) is 65.2 Å². The number of nitrogens with zero attached hydrogens (tertiary/aromatic N) is 2. The molecular weight excluding hydrogens is 328 g/mol. The Hall–Kier alpha value is -2.92. The van der Waals surface area contributed by atoms with Gasteiger partial charge in [-0.1, -0.05) is 59.8 Å². The molecule has 2 aliphatic heterocycles. The Bertz CT molecular complexity index is 966. The smallest absolute Gasteiger partial charge is 0.292 e. The van der Waals surface area contributed by atoms with Crippen LogP contribution in [0.3, 0.4) is 0 Å². The summed E-state index contributed by atoms with van der Waals surface area (Å²) in [5.41, 5.74) is 3.64. The lowest BCUT2D eigenvalue weighted by molar-refractivity contribution is -0.0284. The maximum atomic E-state index is 12.9. The minimum Gasteiger partial charge on any atom is -0.364 e. The molecular formula is C21H18N2O3. The third kappa shape index (κ3) is 2.35. The maximum absolute atomic E-state index is 12.9. The summed E-state index contributed by atoms with van der Waals surface area (Å²) in [6.45, 7) is 1.80. The third-order valence-corrected chi connectivity index (χ3v) is 5.32.